The van der Waals surface area contributed by atoms with Crippen molar-refractivity contribution in [3.05, 3.63) is 78.4 Å². The van der Waals surface area contributed by atoms with E-state index >= 15 is 0 Å². The third-order valence-electron chi connectivity index (χ3n) is 4.21. The first-order valence-corrected chi connectivity index (χ1v) is 10.4. The van der Waals surface area contributed by atoms with Gasteiger partial charge in [-0.15, -0.1) is 0 Å². The van der Waals surface area contributed by atoms with Crippen LogP contribution in [0.5, 0.6) is 5.75 Å². The number of fused-ring (bicyclic) bond motifs is 1. The van der Waals surface area contributed by atoms with Gasteiger partial charge in [0.1, 0.15) is 5.75 Å². The minimum absolute atomic E-state index is 0. The Hall–Kier alpha value is -0.158. The van der Waals surface area contributed by atoms with Crippen LogP contribution in [0, 0.1) is 0 Å². The van der Waals surface area contributed by atoms with Gasteiger partial charge in [0, 0.05) is 17.8 Å². The molecule has 8 heteroatoms. The molecule has 0 saturated carbocycles. The second-order valence-electron chi connectivity index (χ2n) is 6.50. The minimum Gasteiger partial charge on any atom is -0.756 e. The van der Waals surface area contributed by atoms with Crippen LogP contribution in [0.15, 0.2) is 72.8 Å². The van der Waals surface area contributed by atoms with Crippen molar-refractivity contribution in [3.63, 3.8) is 0 Å². The number of hydrogen-bond acceptors (Lipinski definition) is 4. The largest absolute Gasteiger partial charge is 1.00 e. The first kappa shape index (κ1) is 26.9. The number of ether oxygens (including phenoxy) is 1. The molecule has 150 valence electrons. The van der Waals surface area contributed by atoms with Crippen LogP contribution in [-0.4, -0.2) is 35.4 Å². The minimum atomic E-state index is -4.89. The Kier molecular flexibility index (Phi) is 12.3. The molecule has 3 aromatic rings. The van der Waals surface area contributed by atoms with Crippen molar-refractivity contribution in [2.24, 2.45) is 0 Å². The Morgan fingerprint density at radius 3 is 2.14 bits per heavy atom. The molecule has 0 fully saturated rings. The smallest absolute Gasteiger partial charge is 0.756 e. The van der Waals surface area contributed by atoms with Crippen molar-refractivity contribution in [2.75, 3.05) is 20.7 Å². The number of benzene rings is 3. The van der Waals surface area contributed by atoms with Crippen LogP contribution in [0.4, 0.5) is 0 Å². The average Bonchev–Trinajstić information content (AvgIpc) is 2.64. The van der Waals surface area contributed by atoms with E-state index in [1.807, 2.05) is 0 Å². The maximum atomic E-state index is 8.77. The molecule has 0 aromatic heterocycles. The Labute approximate surface area is 230 Å². The summed E-state index contributed by atoms with van der Waals surface area (Å²) < 4.78 is 14.9. The van der Waals surface area contributed by atoms with E-state index in [4.69, 9.17) is 24.0 Å². The normalized spacial score (nSPS) is 11.9. The fourth-order valence-corrected chi connectivity index (χ4v) is 3.00. The number of hydrogen-bond donors (Lipinski definition) is 2. The van der Waals surface area contributed by atoms with Crippen LogP contribution in [0.3, 0.4) is 0 Å². The molecule has 0 spiro atoms. The summed E-state index contributed by atoms with van der Waals surface area (Å²) in [7, 11) is -0.648. The molecule has 6 nitrogen and oxygen atoms in total. The van der Waals surface area contributed by atoms with Crippen molar-refractivity contribution in [1.29, 1.82) is 0 Å². The summed E-state index contributed by atoms with van der Waals surface area (Å²) in [5, 5.41) is 2.40. The molecule has 0 amide bonds. The molecule has 0 aliphatic rings. The van der Waals surface area contributed by atoms with Crippen LogP contribution in [0.1, 0.15) is 18.0 Å². The molecule has 29 heavy (non-hydrogen) atoms. The number of nitrogens with zero attached hydrogens (tertiary/aromatic N) is 1. The van der Waals surface area contributed by atoms with E-state index in [9.17, 15) is 0 Å². The van der Waals surface area contributed by atoms with Gasteiger partial charge >= 0.3 is 68.9 Å². The van der Waals surface area contributed by atoms with Gasteiger partial charge in [-0.3, -0.25) is 4.57 Å². The second kappa shape index (κ2) is 13.3. The third-order valence-corrected chi connectivity index (χ3v) is 4.21. The molecular formula is C21H25CsNO5P. The zero-order valence-corrected chi connectivity index (χ0v) is 24.1. The maximum Gasteiger partial charge on any atom is 1.00 e. The van der Waals surface area contributed by atoms with Gasteiger partial charge in [-0.25, -0.2) is 0 Å². The Morgan fingerprint density at radius 2 is 1.52 bits per heavy atom. The van der Waals surface area contributed by atoms with E-state index in [2.05, 4.69) is 91.8 Å². The average molecular weight is 535 g/mol. The van der Waals surface area contributed by atoms with E-state index in [0.717, 1.165) is 12.2 Å². The quantitative estimate of drug-likeness (QED) is 0.443. The summed E-state index contributed by atoms with van der Waals surface area (Å²) in [4.78, 5) is 25.2. The Balaban J connectivity index is 0.000000628. The summed E-state index contributed by atoms with van der Waals surface area (Å²) in [5.41, 5.74) is 1.33. The van der Waals surface area contributed by atoms with Gasteiger partial charge in [0.05, 0.1) is 6.61 Å². The summed E-state index contributed by atoms with van der Waals surface area (Å²) in [6.45, 7) is 0.700. The summed E-state index contributed by atoms with van der Waals surface area (Å²) in [6, 6.07) is 25.6. The zero-order chi connectivity index (χ0) is 20.6. The van der Waals surface area contributed by atoms with Crippen LogP contribution in [0.25, 0.3) is 10.8 Å². The molecule has 3 rings (SSSR count). The van der Waals surface area contributed by atoms with Gasteiger partial charge in [-0.05, 0) is 31.1 Å². The Bertz CT molecular complexity index is 904. The van der Waals surface area contributed by atoms with E-state index < -0.39 is 7.82 Å². The molecular weight excluding hydrogens is 510 g/mol. The fourth-order valence-electron chi connectivity index (χ4n) is 3.00. The van der Waals surface area contributed by atoms with Gasteiger partial charge in [0.15, 0.2) is 0 Å². The van der Waals surface area contributed by atoms with Gasteiger partial charge in [-0.1, -0.05) is 66.7 Å². The predicted molar refractivity (Wildman–Crippen MR) is 109 cm³/mol. The summed E-state index contributed by atoms with van der Waals surface area (Å²) >= 11 is 0. The van der Waals surface area contributed by atoms with Gasteiger partial charge in [-0.2, -0.15) is 0 Å². The van der Waals surface area contributed by atoms with Crippen molar-refractivity contribution >= 4 is 18.6 Å². The van der Waals surface area contributed by atoms with E-state index in [0.29, 0.717) is 12.6 Å². The van der Waals surface area contributed by atoms with E-state index in [1.54, 1.807) is 0 Å². The van der Waals surface area contributed by atoms with Crippen molar-refractivity contribution in [1.82, 2.24) is 4.90 Å². The van der Waals surface area contributed by atoms with Crippen molar-refractivity contribution < 1.29 is 92.9 Å². The van der Waals surface area contributed by atoms with E-state index in [-0.39, 0.29) is 68.9 Å². The molecule has 0 aliphatic heterocycles. The molecule has 2 N–H and O–H groups in total. The van der Waals surface area contributed by atoms with Crippen LogP contribution in [0.2, 0.25) is 0 Å². The first-order chi connectivity index (χ1) is 13.3. The maximum absolute atomic E-state index is 8.77. The third kappa shape index (κ3) is 10.1. The van der Waals surface area contributed by atoms with Crippen LogP contribution < -0.4 is 78.5 Å². The number of rotatable bonds is 6. The molecule has 1 atom stereocenters. The first-order valence-electron chi connectivity index (χ1n) is 8.84. The molecule has 0 bridgehead atoms. The molecule has 0 unspecified atom stereocenters. The van der Waals surface area contributed by atoms with Gasteiger partial charge in [0.2, 0.25) is 0 Å². The molecule has 0 heterocycles. The second-order valence-corrected chi connectivity index (χ2v) is 7.48. The van der Waals surface area contributed by atoms with Crippen LogP contribution >= 0.6 is 7.82 Å². The van der Waals surface area contributed by atoms with E-state index in [1.165, 1.54) is 16.3 Å². The van der Waals surface area contributed by atoms with Gasteiger partial charge in [0.25, 0.3) is 7.82 Å². The molecule has 0 radical (unpaired) electrons. The van der Waals surface area contributed by atoms with Gasteiger partial charge < -0.3 is 24.3 Å². The van der Waals surface area contributed by atoms with Crippen LogP contribution in [-0.2, 0) is 4.57 Å². The fraction of sp³-hybridized carbons (Fsp3) is 0.238. The Morgan fingerprint density at radius 1 is 0.966 bits per heavy atom. The standard InChI is InChI=1S/C21H23NO.Cs.H3O4P/c1-22(2)20(18-10-4-3-5-11-18)15-16-23-21-14-8-12-17-9-6-7-13-19(17)21;;1-5(2,3)4/h3-14,20H,15-16H2,1-2H3;;(H3,1,2,3,4)/q;+1;/p-1/t20-;;/m0../s1. The summed E-state index contributed by atoms with van der Waals surface area (Å²) in [5.74, 6) is 0.966. The molecule has 0 saturated heterocycles. The topological polar surface area (TPSA) is 93.1 Å². The molecule has 0 aliphatic carbocycles. The monoisotopic (exact) mass is 535 g/mol. The van der Waals surface area contributed by atoms with Crippen molar-refractivity contribution in [3.8, 4) is 5.75 Å². The van der Waals surface area contributed by atoms with Crippen molar-refractivity contribution in [2.45, 2.75) is 12.5 Å². The number of phosphoric acid groups is 1. The predicted octanol–water partition coefficient (Wildman–Crippen LogP) is 0.355. The molecule has 3 aromatic carbocycles. The zero-order valence-electron chi connectivity index (χ0n) is 16.9. The SMILES string of the molecule is CN(C)[C@@H](CCOc1cccc2ccccc12)c1ccccc1.O=P([O-])(O)O.[Cs+]. The summed E-state index contributed by atoms with van der Waals surface area (Å²) in [6.07, 6.45) is 0.959.